The van der Waals surface area contributed by atoms with Crippen molar-refractivity contribution in [3.8, 4) is 12.3 Å². The van der Waals surface area contributed by atoms with Crippen LogP contribution in [-0.2, 0) is 11.3 Å². The van der Waals surface area contributed by atoms with Gasteiger partial charge < -0.3 is 4.74 Å². The van der Waals surface area contributed by atoms with Crippen LogP contribution in [0.4, 0.5) is 0 Å². The Labute approximate surface area is 89.3 Å². The molecule has 0 bridgehead atoms. The van der Waals surface area contributed by atoms with Crippen molar-refractivity contribution in [1.29, 1.82) is 0 Å². The largest absolute Gasteiger partial charge is 0.358 e. The molecular weight excluding hydrogens is 198 g/mol. The van der Waals surface area contributed by atoms with Gasteiger partial charge in [0.2, 0.25) is 0 Å². The zero-order valence-corrected chi connectivity index (χ0v) is 9.01. The van der Waals surface area contributed by atoms with Crippen LogP contribution in [0.15, 0.2) is 18.3 Å². The third-order valence-corrected chi connectivity index (χ3v) is 1.96. The van der Waals surface area contributed by atoms with Crippen LogP contribution in [0.2, 0.25) is 5.15 Å². The van der Waals surface area contributed by atoms with Crippen LogP contribution in [0, 0.1) is 12.3 Å². The molecule has 0 aromatic carbocycles. The van der Waals surface area contributed by atoms with Gasteiger partial charge in [0.05, 0.1) is 6.61 Å². The van der Waals surface area contributed by atoms with Crippen LogP contribution in [0.25, 0.3) is 0 Å². The van der Waals surface area contributed by atoms with E-state index in [0.29, 0.717) is 11.8 Å². The molecule has 1 aromatic heterocycles. The highest BCUT2D eigenvalue weighted by molar-refractivity contribution is 6.29. The molecule has 0 aliphatic heterocycles. The Morgan fingerprint density at radius 1 is 1.57 bits per heavy atom. The molecule has 1 aromatic rings. The SMILES string of the molecule is C#CC(C)(C)OCc1ccc(Cl)nc1. The van der Waals surface area contributed by atoms with Gasteiger partial charge in [-0.2, -0.15) is 0 Å². The highest BCUT2D eigenvalue weighted by Crippen LogP contribution is 2.12. The number of halogens is 1. The van der Waals surface area contributed by atoms with Crippen molar-refractivity contribution in [2.24, 2.45) is 0 Å². The minimum Gasteiger partial charge on any atom is -0.358 e. The molecule has 0 N–H and O–H groups in total. The molecule has 0 atom stereocenters. The van der Waals surface area contributed by atoms with Crippen LogP contribution < -0.4 is 0 Å². The Morgan fingerprint density at radius 3 is 2.79 bits per heavy atom. The normalized spacial score (nSPS) is 11.0. The van der Waals surface area contributed by atoms with Gasteiger partial charge in [0.15, 0.2) is 0 Å². The standard InChI is InChI=1S/C11H12ClNO/c1-4-11(2,3)14-8-9-5-6-10(12)13-7-9/h1,5-7H,8H2,2-3H3. The fourth-order valence-electron chi connectivity index (χ4n) is 0.797. The lowest BCUT2D eigenvalue weighted by atomic mass is 10.1. The molecule has 0 aliphatic rings. The van der Waals surface area contributed by atoms with E-state index < -0.39 is 5.60 Å². The summed E-state index contributed by atoms with van der Waals surface area (Å²) in [4.78, 5) is 3.94. The lowest BCUT2D eigenvalue weighted by Crippen LogP contribution is -2.21. The Balaban J connectivity index is 2.55. The maximum atomic E-state index is 5.64. The van der Waals surface area contributed by atoms with Gasteiger partial charge in [-0.25, -0.2) is 4.98 Å². The smallest absolute Gasteiger partial charge is 0.129 e. The second-order valence-electron chi connectivity index (χ2n) is 3.43. The quantitative estimate of drug-likeness (QED) is 0.564. The molecule has 1 heterocycles. The summed E-state index contributed by atoms with van der Waals surface area (Å²) in [5.41, 5.74) is 0.414. The number of rotatable bonds is 3. The number of nitrogens with zero attached hydrogens (tertiary/aromatic N) is 1. The highest BCUT2D eigenvalue weighted by Gasteiger charge is 2.13. The first kappa shape index (κ1) is 11.0. The molecule has 0 saturated heterocycles. The predicted octanol–water partition coefficient (Wildman–Crippen LogP) is 2.66. The van der Waals surface area contributed by atoms with E-state index in [2.05, 4.69) is 10.9 Å². The van der Waals surface area contributed by atoms with Crippen LogP contribution in [0.3, 0.4) is 0 Å². The summed E-state index contributed by atoms with van der Waals surface area (Å²) >= 11 is 5.64. The third kappa shape index (κ3) is 3.37. The summed E-state index contributed by atoms with van der Waals surface area (Å²) < 4.78 is 5.49. The average Bonchev–Trinajstić information content (AvgIpc) is 2.17. The van der Waals surface area contributed by atoms with Gasteiger partial charge in [0, 0.05) is 6.20 Å². The van der Waals surface area contributed by atoms with Crippen molar-refractivity contribution in [1.82, 2.24) is 4.98 Å². The van der Waals surface area contributed by atoms with Gasteiger partial charge in [-0.1, -0.05) is 23.6 Å². The maximum absolute atomic E-state index is 5.64. The lowest BCUT2D eigenvalue weighted by molar-refractivity contribution is 0.0144. The molecule has 0 fully saturated rings. The van der Waals surface area contributed by atoms with Crippen molar-refractivity contribution in [3.63, 3.8) is 0 Å². The van der Waals surface area contributed by atoms with E-state index in [1.807, 2.05) is 19.9 Å². The second-order valence-corrected chi connectivity index (χ2v) is 3.82. The van der Waals surface area contributed by atoms with Crippen LogP contribution in [0.1, 0.15) is 19.4 Å². The molecule has 0 aliphatic carbocycles. The molecule has 3 heteroatoms. The van der Waals surface area contributed by atoms with Crippen LogP contribution in [0.5, 0.6) is 0 Å². The number of aromatic nitrogens is 1. The molecule has 1 rings (SSSR count). The molecule has 0 saturated carbocycles. The van der Waals surface area contributed by atoms with Crippen molar-refractivity contribution in [2.45, 2.75) is 26.1 Å². The van der Waals surface area contributed by atoms with E-state index in [0.717, 1.165) is 5.56 Å². The minimum atomic E-state index is -0.542. The Hall–Kier alpha value is -1.04. The number of pyridine rings is 1. The molecular formula is C11H12ClNO. The van der Waals surface area contributed by atoms with E-state index in [1.54, 1.807) is 12.3 Å². The van der Waals surface area contributed by atoms with Crippen molar-refractivity contribution >= 4 is 11.6 Å². The molecule has 0 radical (unpaired) electrons. The maximum Gasteiger partial charge on any atom is 0.129 e. The molecule has 2 nitrogen and oxygen atoms in total. The topological polar surface area (TPSA) is 22.1 Å². The highest BCUT2D eigenvalue weighted by atomic mass is 35.5. The van der Waals surface area contributed by atoms with Gasteiger partial charge >= 0.3 is 0 Å². The fourth-order valence-corrected chi connectivity index (χ4v) is 0.909. The second kappa shape index (κ2) is 4.45. The van der Waals surface area contributed by atoms with Crippen LogP contribution >= 0.6 is 11.6 Å². The minimum absolute atomic E-state index is 0.446. The summed E-state index contributed by atoms with van der Waals surface area (Å²) in [5, 5.41) is 0.477. The first-order chi connectivity index (χ1) is 6.53. The third-order valence-electron chi connectivity index (χ3n) is 1.74. The van der Waals surface area contributed by atoms with Crippen molar-refractivity contribution in [3.05, 3.63) is 29.0 Å². The lowest BCUT2D eigenvalue weighted by Gasteiger charge is -2.18. The Bertz CT molecular complexity index is 337. The van der Waals surface area contributed by atoms with E-state index >= 15 is 0 Å². The van der Waals surface area contributed by atoms with Gasteiger partial charge in [0.1, 0.15) is 10.8 Å². The summed E-state index contributed by atoms with van der Waals surface area (Å²) in [6.07, 6.45) is 6.96. The molecule has 0 unspecified atom stereocenters. The zero-order valence-electron chi connectivity index (χ0n) is 8.25. The summed E-state index contributed by atoms with van der Waals surface area (Å²) in [6.45, 7) is 4.13. The number of hydrogen-bond donors (Lipinski definition) is 0. The average molecular weight is 210 g/mol. The van der Waals surface area contributed by atoms with Crippen LogP contribution in [-0.4, -0.2) is 10.6 Å². The van der Waals surface area contributed by atoms with Gasteiger partial charge in [-0.15, -0.1) is 6.42 Å². The van der Waals surface area contributed by atoms with E-state index in [4.69, 9.17) is 22.8 Å². The summed E-state index contributed by atoms with van der Waals surface area (Å²) in [6, 6.07) is 3.59. The summed E-state index contributed by atoms with van der Waals surface area (Å²) in [5.74, 6) is 2.55. The van der Waals surface area contributed by atoms with Gasteiger partial charge in [-0.05, 0) is 25.5 Å². The molecule has 0 spiro atoms. The predicted molar refractivity (Wildman–Crippen MR) is 56.9 cm³/mol. The Morgan fingerprint density at radius 2 is 2.29 bits per heavy atom. The fraction of sp³-hybridized carbons (Fsp3) is 0.364. The molecule has 74 valence electrons. The zero-order chi connectivity index (χ0) is 10.6. The van der Waals surface area contributed by atoms with E-state index in [-0.39, 0.29) is 0 Å². The summed E-state index contributed by atoms with van der Waals surface area (Å²) in [7, 11) is 0. The molecule has 0 amide bonds. The van der Waals surface area contributed by atoms with E-state index in [1.165, 1.54) is 0 Å². The monoisotopic (exact) mass is 209 g/mol. The van der Waals surface area contributed by atoms with Crippen molar-refractivity contribution < 1.29 is 4.74 Å². The van der Waals surface area contributed by atoms with Crippen molar-refractivity contribution in [2.75, 3.05) is 0 Å². The number of ether oxygens (including phenoxy) is 1. The first-order valence-electron chi connectivity index (χ1n) is 4.26. The van der Waals surface area contributed by atoms with Gasteiger partial charge in [-0.3, -0.25) is 0 Å². The first-order valence-corrected chi connectivity index (χ1v) is 4.63. The van der Waals surface area contributed by atoms with Gasteiger partial charge in [0.25, 0.3) is 0 Å². The number of hydrogen-bond acceptors (Lipinski definition) is 2. The number of terminal acetylenes is 1. The Kier molecular flexibility index (Phi) is 3.51. The van der Waals surface area contributed by atoms with E-state index in [9.17, 15) is 0 Å². The molecule has 14 heavy (non-hydrogen) atoms.